The SMILES string of the molecule is CCN1CCN(Cc2ccc3n(c2=O)C[C@H]2C[C@@H]3CN(C(=O)C3CCCC3)C2)CC1. The minimum Gasteiger partial charge on any atom is -0.341 e. The van der Waals surface area contributed by atoms with Gasteiger partial charge in [-0.3, -0.25) is 14.5 Å². The standard InChI is InChI=1S/C24H36N4O2/c1-2-25-9-11-26(12-10-25)16-20-7-8-22-21-13-18(15-28(22)24(20)30)14-27(17-21)23(29)19-5-3-4-6-19/h7-8,18-19,21H,2-6,9-17H2,1H3/t18-,21+/m0/s1. The molecule has 1 aromatic rings. The first-order chi connectivity index (χ1) is 14.6. The molecule has 3 aliphatic heterocycles. The van der Waals surface area contributed by atoms with Crippen LogP contribution in [-0.4, -0.2) is 71.0 Å². The van der Waals surface area contributed by atoms with Gasteiger partial charge in [0.25, 0.3) is 5.56 Å². The fourth-order valence-electron chi connectivity index (χ4n) is 6.23. The third-order valence-electron chi connectivity index (χ3n) is 8.01. The Bertz CT molecular complexity index is 836. The average Bonchev–Trinajstić information content (AvgIpc) is 3.31. The fourth-order valence-corrected chi connectivity index (χ4v) is 6.23. The van der Waals surface area contributed by atoms with Crippen molar-refractivity contribution in [3.63, 3.8) is 0 Å². The van der Waals surface area contributed by atoms with Crippen LogP contribution >= 0.6 is 0 Å². The van der Waals surface area contributed by atoms with Crippen LogP contribution < -0.4 is 5.56 Å². The van der Waals surface area contributed by atoms with E-state index in [9.17, 15) is 9.59 Å². The zero-order chi connectivity index (χ0) is 20.7. The van der Waals surface area contributed by atoms with Crippen LogP contribution in [0.1, 0.15) is 56.2 Å². The third kappa shape index (κ3) is 3.84. The van der Waals surface area contributed by atoms with Gasteiger partial charge in [-0.1, -0.05) is 25.8 Å². The van der Waals surface area contributed by atoms with Crippen molar-refractivity contribution in [3.05, 3.63) is 33.7 Å². The number of likely N-dealkylation sites (tertiary alicyclic amines) is 1. The molecule has 4 heterocycles. The molecule has 1 aromatic heterocycles. The number of nitrogens with zero attached hydrogens (tertiary/aromatic N) is 4. The number of pyridine rings is 1. The highest BCUT2D eigenvalue weighted by molar-refractivity contribution is 5.79. The second-order valence-corrected chi connectivity index (χ2v) is 9.93. The lowest BCUT2D eigenvalue weighted by Crippen LogP contribution is -2.51. The van der Waals surface area contributed by atoms with Crippen LogP contribution in [0, 0.1) is 11.8 Å². The molecule has 2 atom stereocenters. The van der Waals surface area contributed by atoms with Gasteiger partial charge in [0.15, 0.2) is 0 Å². The van der Waals surface area contributed by atoms with E-state index in [1.807, 2.05) is 4.57 Å². The smallest absolute Gasteiger partial charge is 0.255 e. The zero-order valence-electron chi connectivity index (χ0n) is 18.4. The Labute approximate surface area is 179 Å². The Morgan fingerprint density at radius 3 is 2.47 bits per heavy atom. The lowest BCUT2D eigenvalue weighted by atomic mass is 9.82. The van der Waals surface area contributed by atoms with E-state index in [0.29, 0.717) is 17.7 Å². The highest BCUT2D eigenvalue weighted by atomic mass is 16.2. The summed E-state index contributed by atoms with van der Waals surface area (Å²) in [5.41, 5.74) is 2.29. The Hall–Kier alpha value is -1.66. The van der Waals surface area contributed by atoms with Crippen LogP contribution in [0.15, 0.2) is 16.9 Å². The minimum atomic E-state index is 0.204. The highest BCUT2D eigenvalue weighted by Crippen LogP contribution is 2.37. The van der Waals surface area contributed by atoms with Gasteiger partial charge in [0.2, 0.25) is 5.91 Å². The number of fused-ring (bicyclic) bond motifs is 4. The largest absolute Gasteiger partial charge is 0.341 e. The Balaban J connectivity index is 1.30. The highest BCUT2D eigenvalue weighted by Gasteiger charge is 2.38. The molecule has 0 radical (unpaired) electrons. The minimum absolute atomic E-state index is 0.204. The van der Waals surface area contributed by atoms with E-state index >= 15 is 0 Å². The zero-order valence-corrected chi connectivity index (χ0v) is 18.4. The average molecular weight is 413 g/mol. The van der Waals surface area contributed by atoms with Gasteiger partial charge in [0.1, 0.15) is 0 Å². The quantitative estimate of drug-likeness (QED) is 0.760. The predicted octanol–water partition coefficient (Wildman–Crippen LogP) is 2.12. The summed E-state index contributed by atoms with van der Waals surface area (Å²) in [4.78, 5) is 33.3. The molecule has 6 nitrogen and oxygen atoms in total. The number of hydrogen-bond donors (Lipinski definition) is 0. The molecule has 164 valence electrons. The third-order valence-corrected chi connectivity index (χ3v) is 8.01. The number of piperidine rings is 1. The summed E-state index contributed by atoms with van der Waals surface area (Å²) in [6.45, 7) is 10.8. The number of carbonyl (C=O) groups excluding carboxylic acids is 1. The van der Waals surface area contributed by atoms with E-state index in [1.165, 1.54) is 12.8 Å². The Kier molecular flexibility index (Phi) is 5.71. The van der Waals surface area contributed by atoms with Crippen molar-refractivity contribution < 1.29 is 4.79 Å². The monoisotopic (exact) mass is 412 g/mol. The van der Waals surface area contributed by atoms with Crippen molar-refractivity contribution in [1.29, 1.82) is 0 Å². The molecule has 2 bridgehead atoms. The molecule has 0 aromatic carbocycles. The molecule has 1 aliphatic carbocycles. The van der Waals surface area contributed by atoms with Gasteiger partial charge in [0, 0.05) is 75.5 Å². The van der Waals surface area contributed by atoms with Gasteiger partial charge in [-0.25, -0.2) is 0 Å². The molecule has 0 N–H and O–H groups in total. The second-order valence-electron chi connectivity index (χ2n) is 9.93. The first-order valence-corrected chi connectivity index (χ1v) is 12.1. The molecule has 3 fully saturated rings. The number of piperazine rings is 1. The molecule has 5 rings (SSSR count). The molecule has 0 spiro atoms. The summed E-state index contributed by atoms with van der Waals surface area (Å²) in [7, 11) is 0. The number of hydrogen-bond acceptors (Lipinski definition) is 4. The summed E-state index contributed by atoms with van der Waals surface area (Å²) in [5.74, 6) is 1.36. The van der Waals surface area contributed by atoms with E-state index < -0.39 is 0 Å². The van der Waals surface area contributed by atoms with Crippen molar-refractivity contribution in [2.24, 2.45) is 11.8 Å². The molecule has 1 amide bonds. The van der Waals surface area contributed by atoms with Gasteiger partial charge in [0.05, 0.1) is 0 Å². The van der Waals surface area contributed by atoms with E-state index in [-0.39, 0.29) is 11.5 Å². The normalized spacial score (nSPS) is 28.0. The van der Waals surface area contributed by atoms with Crippen LogP contribution in [0.4, 0.5) is 0 Å². The molecule has 0 unspecified atom stereocenters. The molecule has 6 heteroatoms. The molecule has 1 saturated carbocycles. The maximum atomic E-state index is 13.3. The lowest BCUT2D eigenvalue weighted by Gasteiger charge is -2.43. The summed E-state index contributed by atoms with van der Waals surface area (Å²) in [6.07, 6.45) is 5.65. The number of carbonyl (C=O) groups is 1. The van der Waals surface area contributed by atoms with Crippen molar-refractivity contribution in [3.8, 4) is 0 Å². The summed E-state index contributed by atoms with van der Waals surface area (Å²) < 4.78 is 2.05. The second kappa shape index (κ2) is 8.46. The van der Waals surface area contributed by atoms with Crippen molar-refractivity contribution >= 4 is 5.91 Å². The van der Waals surface area contributed by atoms with Crippen LogP contribution in [0.2, 0.25) is 0 Å². The van der Waals surface area contributed by atoms with Crippen molar-refractivity contribution in [2.75, 3.05) is 45.8 Å². The maximum Gasteiger partial charge on any atom is 0.255 e. The maximum absolute atomic E-state index is 13.3. The molecule has 4 aliphatic rings. The molecular formula is C24H36N4O2. The van der Waals surface area contributed by atoms with Gasteiger partial charge in [-0.05, 0) is 37.8 Å². The fraction of sp³-hybridized carbons (Fsp3) is 0.750. The van der Waals surface area contributed by atoms with E-state index in [1.54, 1.807) is 0 Å². The predicted molar refractivity (Wildman–Crippen MR) is 117 cm³/mol. The number of amides is 1. The first kappa shape index (κ1) is 20.3. The van der Waals surface area contributed by atoms with Crippen LogP contribution in [0.3, 0.4) is 0 Å². The van der Waals surface area contributed by atoms with Crippen LogP contribution in [0.25, 0.3) is 0 Å². The summed E-state index contributed by atoms with van der Waals surface area (Å²) >= 11 is 0. The van der Waals surface area contributed by atoms with E-state index in [0.717, 1.165) is 89.4 Å². The van der Waals surface area contributed by atoms with Crippen LogP contribution in [-0.2, 0) is 17.9 Å². The molecule has 30 heavy (non-hydrogen) atoms. The van der Waals surface area contributed by atoms with Crippen molar-refractivity contribution in [1.82, 2.24) is 19.3 Å². The number of aromatic nitrogens is 1. The van der Waals surface area contributed by atoms with Gasteiger partial charge < -0.3 is 14.4 Å². The Morgan fingerprint density at radius 1 is 1.00 bits per heavy atom. The first-order valence-electron chi connectivity index (χ1n) is 12.1. The van der Waals surface area contributed by atoms with E-state index in [2.05, 4.69) is 33.8 Å². The van der Waals surface area contributed by atoms with Crippen molar-refractivity contribution in [2.45, 2.75) is 58.0 Å². The Morgan fingerprint density at radius 2 is 1.73 bits per heavy atom. The topological polar surface area (TPSA) is 48.8 Å². The number of likely N-dealkylation sites (N-methyl/N-ethyl adjacent to an activating group) is 1. The number of rotatable bonds is 4. The summed E-state index contributed by atoms with van der Waals surface area (Å²) in [5, 5.41) is 0. The lowest BCUT2D eigenvalue weighted by molar-refractivity contribution is -0.138. The van der Waals surface area contributed by atoms with Gasteiger partial charge in [-0.2, -0.15) is 0 Å². The summed E-state index contributed by atoms with van der Waals surface area (Å²) in [6, 6.07) is 4.25. The van der Waals surface area contributed by atoms with Crippen LogP contribution in [0.5, 0.6) is 0 Å². The van der Waals surface area contributed by atoms with E-state index in [4.69, 9.17) is 0 Å². The molecule has 2 saturated heterocycles. The molecular weight excluding hydrogens is 376 g/mol. The van der Waals surface area contributed by atoms with Gasteiger partial charge >= 0.3 is 0 Å². The van der Waals surface area contributed by atoms with Gasteiger partial charge in [-0.15, -0.1) is 0 Å².